The molecule has 0 unspecified atom stereocenters. The van der Waals surface area contributed by atoms with Crippen LogP contribution in [0.15, 0.2) is 6.33 Å². The average molecular weight is 267 g/mol. The minimum absolute atomic E-state index is 0.164. The largest absolute Gasteiger partial charge is 0.481 e. The summed E-state index contributed by atoms with van der Waals surface area (Å²) in [6.45, 7) is 3.99. The molecule has 2 N–H and O–H groups in total. The molecular weight excluding hydrogens is 246 g/mol. The van der Waals surface area contributed by atoms with Crippen molar-refractivity contribution in [3.63, 3.8) is 0 Å². The maximum atomic E-state index is 11.7. The lowest BCUT2D eigenvalue weighted by atomic mass is 9.71. The molecule has 1 aromatic rings. The Morgan fingerprint density at radius 1 is 1.53 bits per heavy atom. The monoisotopic (exact) mass is 267 g/mol. The zero-order valence-electron chi connectivity index (χ0n) is 11.4. The summed E-state index contributed by atoms with van der Waals surface area (Å²) in [5, 5.41) is 23.3. The molecule has 0 atom stereocenters. The van der Waals surface area contributed by atoms with E-state index in [1.807, 2.05) is 13.8 Å². The van der Waals surface area contributed by atoms with E-state index in [2.05, 4.69) is 10.1 Å². The van der Waals surface area contributed by atoms with E-state index in [0.717, 1.165) is 0 Å². The topological polar surface area (TPSA) is 88.2 Å². The first-order chi connectivity index (χ1) is 8.94. The minimum Gasteiger partial charge on any atom is -0.481 e. The molecule has 0 radical (unpaired) electrons. The van der Waals surface area contributed by atoms with E-state index >= 15 is 0 Å². The van der Waals surface area contributed by atoms with Crippen molar-refractivity contribution in [2.75, 3.05) is 0 Å². The van der Waals surface area contributed by atoms with E-state index in [1.54, 1.807) is 4.68 Å². The fourth-order valence-electron chi connectivity index (χ4n) is 2.76. The highest BCUT2D eigenvalue weighted by Gasteiger charge is 2.42. The number of aliphatic hydroxyl groups is 1. The Labute approximate surface area is 112 Å². The number of nitrogens with zero attached hydrogens (tertiary/aromatic N) is 3. The molecule has 1 heterocycles. The van der Waals surface area contributed by atoms with Crippen molar-refractivity contribution in [1.29, 1.82) is 0 Å². The number of carboxylic acids is 1. The van der Waals surface area contributed by atoms with Gasteiger partial charge >= 0.3 is 5.97 Å². The number of rotatable bonds is 4. The minimum atomic E-state index is -0.807. The van der Waals surface area contributed by atoms with Crippen LogP contribution in [0.25, 0.3) is 0 Å². The van der Waals surface area contributed by atoms with Gasteiger partial charge in [-0.2, -0.15) is 5.10 Å². The number of aliphatic carboxylic acids is 1. The summed E-state index contributed by atoms with van der Waals surface area (Å²) in [5.74, 6) is -0.0773. The number of carboxylic acid groups (broad SMARTS) is 1. The van der Waals surface area contributed by atoms with Crippen LogP contribution < -0.4 is 0 Å². The van der Waals surface area contributed by atoms with Crippen LogP contribution >= 0.6 is 0 Å². The second-order valence-corrected chi connectivity index (χ2v) is 5.71. The molecule has 6 heteroatoms. The van der Waals surface area contributed by atoms with Gasteiger partial charge in [-0.25, -0.2) is 9.67 Å². The van der Waals surface area contributed by atoms with Crippen molar-refractivity contribution in [2.45, 2.75) is 58.1 Å². The Hall–Kier alpha value is -1.43. The molecule has 1 aliphatic carbocycles. The van der Waals surface area contributed by atoms with Crippen molar-refractivity contribution >= 4 is 5.97 Å². The molecule has 0 bridgehead atoms. The smallest absolute Gasteiger partial charge is 0.310 e. The standard InChI is InChI=1S/C13H21N3O3/c1-9(2)16-11(14-8-15-16)7-13(12(18)19)5-3-10(17)4-6-13/h8-10,17H,3-7H2,1-2H3,(H,18,19). The van der Waals surface area contributed by atoms with Crippen molar-refractivity contribution in [2.24, 2.45) is 5.41 Å². The second-order valence-electron chi connectivity index (χ2n) is 5.71. The fourth-order valence-corrected chi connectivity index (χ4v) is 2.76. The Balaban J connectivity index is 2.22. The predicted octanol–water partition coefficient (Wildman–Crippen LogP) is 1.41. The van der Waals surface area contributed by atoms with Crippen LogP contribution in [0.5, 0.6) is 0 Å². The third-order valence-electron chi connectivity index (χ3n) is 4.00. The van der Waals surface area contributed by atoms with Gasteiger partial charge in [0.2, 0.25) is 0 Å². The van der Waals surface area contributed by atoms with Gasteiger partial charge in [0.05, 0.1) is 11.5 Å². The number of aromatic nitrogens is 3. The molecular formula is C13H21N3O3. The maximum absolute atomic E-state index is 11.7. The van der Waals surface area contributed by atoms with Gasteiger partial charge in [-0.05, 0) is 39.5 Å². The molecule has 0 amide bonds. The summed E-state index contributed by atoms with van der Waals surface area (Å²) in [7, 11) is 0. The third-order valence-corrected chi connectivity index (χ3v) is 4.00. The van der Waals surface area contributed by atoms with E-state index < -0.39 is 11.4 Å². The van der Waals surface area contributed by atoms with Crippen LogP contribution in [0.3, 0.4) is 0 Å². The van der Waals surface area contributed by atoms with E-state index in [4.69, 9.17) is 0 Å². The fraction of sp³-hybridized carbons (Fsp3) is 0.769. The lowest BCUT2D eigenvalue weighted by molar-refractivity contribution is -0.152. The summed E-state index contributed by atoms with van der Waals surface area (Å²) in [6.07, 6.45) is 3.57. The maximum Gasteiger partial charge on any atom is 0.310 e. The SMILES string of the molecule is CC(C)n1ncnc1CC1(C(=O)O)CCC(O)CC1. The zero-order valence-corrected chi connectivity index (χ0v) is 11.4. The van der Waals surface area contributed by atoms with E-state index in [1.165, 1.54) is 6.33 Å². The Kier molecular flexibility index (Phi) is 3.89. The molecule has 19 heavy (non-hydrogen) atoms. The molecule has 2 rings (SSSR count). The van der Waals surface area contributed by atoms with Crippen LogP contribution in [0.2, 0.25) is 0 Å². The van der Waals surface area contributed by atoms with Crippen LogP contribution in [0.1, 0.15) is 51.4 Å². The third kappa shape index (κ3) is 2.78. The van der Waals surface area contributed by atoms with Crippen LogP contribution in [-0.4, -0.2) is 37.1 Å². The highest BCUT2D eigenvalue weighted by atomic mass is 16.4. The summed E-state index contributed by atoms with van der Waals surface area (Å²) in [6, 6.07) is 0.164. The van der Waals surface area contributed by atoms with Gasteiger partial charge in [-0.3, -0.25) is 4.79 Å². The second kappa shape index (κ2) is 5.28. The van der Waals surface area contributed by atoms with Gasteiger partial charge in [-0.1, -0.05) is 0 Å². The molecule has 0 aromatic carbocycles. The van der Waals surface area contributed by atoms with Gasteiger partial charge in [-0.15, -0.1) is 0 Å². The zero-order chi connectivity index (χ0) is 14.0. The summed E-state index contributed by atoms with van der Waals surface area (Å²) >= 11 is 0. The first-order valence-corrected chi connectivity index (χ1v) is 6.74. The number of hydrogen-bond donors (Lipinski definition) is 2. The van der Waals surface area contributed by atoms with Gasteiger partial charge in [0.15, 0.2) is 0 Å². The Morgan fingerprint density at radius 3 is 2.68 bits per heavy atom. The number of hydrogen-bond acceptors (Lipinski definition) is 4. The summed E-state index contributed by atoms with van der Waals surface area (Å²) in [5.41, 5.74) is -0.807. The van der Waals surface area contributed by atoms with Crippen LogP contribution in [0.4, 0.5) is 0 Å². The van der Waals surface area contributed by atoms with Crippen molar-refractivity contribution in [3.05, 3.63) is 12.2 Å². The first-order valence-electron chi connectivity index (χ1n) is 6.74. The predicted molar refractivity (Wildman–Crippen MR) is 68.7 cm³/mol. The normalized spacial score (nSPS) is 27.7. The number of carbonyl (C=O) groups is 1. The molecule has 6 nitrogen and oxygen atoms in total. The van der Waals surface area contributed by atoms with E-state index in [9.17, 15) is 15.0 Å². The molecule has 0 saturated heterocycles. The van der Waals surface area contributed by atoms with Crippen LogP contribution in [-0.2, 0) is 11.2 Å². The molecule has 0 spiro atoms. The van der Waals surface area contributed by atoms with Gasteiger partial charge < -0.3 is 10.2 Å². The molecule has 106 valence electrons. The van der Waals surface area contributed by atoms with Gasteiger partial charge in [0.1, 0.15) is 12.2 Å². The van der Waals surface area contributed by atoms with E-state index in [0.29, 0.717) is 37.9 Å². The summed E-state index contributed by atoms with van der Waals surface area (Å²) in [4.78, 5) is 15.9. The average Bonchev–Trinajstić information content (AvgIpc) is 2.80. The lowest BCUT2D eigenvalue weighted by Crippen LogP contribution is -2.39. The molecule has 0 aliphatic heterocycles. The molecule has 1 fully saturated rings. The van der Waals surface area contributed by atoms with E-state index in [-0.39, 0.29) is 12.1 Å². The van der Waals surface area contributed by atoms with Gasteiger partial charge in [0.25, 0.3) is 0 Å². The lowest BCUT2D eigenvalue weighted by Gasteiger charge is -2.35. The summed E-state index contributed by atoms with van der Waals surface area (Å²) < 4.78 is 1.77. The highest BCUT2D eigenvalue weighted by molar-refractivity contribution is 5.75. The molecule has 1 saturated carbocycles. The quantitative estimate of drug-likeness (QED) is 0.861. The molecule has 1 aromatic heterocycles. The highest BCUT2D eigenvalue weighted by Crippen LogP contribution is 2.39. The van der Waals surface area contributed by atoms with Crippen LogP contribution in [0, 0.1) is 5.41 Å². The van der Waals surface area contributed by atoms with Crippen molar-refractivity contribution < 1.29 is 15.0 Å². The van der Waals surface area contributed by atoms with Gasteiger partial charge in [0, 0.05) is 12.5 Å². The Morgan fingerprint density at radius 2 is 2.16 bits per heavy atom. The van der Waals surface area contributed by atoms with Crippen molar-refractivity contribution in [3.8, 4) is 0 Å². The Bertz CT molecular complexity index is 448. The van der Waals surface area contributed by atoms with Crippen molar-refractivity contribution in [1.82, 2.24) is 14.8 Å². The molecule has 1 aliphatic rings. The first kappa shape index (κ1) is 14.0. The number of aliphatic hydroxyl groups excluding tert-OH is 1.